The second-order valence-corrected chi connectivity index (χ2v) is 8.21. The third-order valence-corrected chi connectivity index (χ3v) is 5.15. The first kappa shape index (κ1) is 31.8. The first-order valence-electron chi connectivity index (χ1n) is 11.2. The second-order valence-electron chi connectivity index (χ2n) is 8.21. The molecule has 1 aliphatic rings. The van der Waals surface area contributed by atoms with Gasteiger partial charge in [-0.15, -0.1) is 0 Å². The minimum atomic E-state index is -5.08. The summed E-state index contributed by atoms with van der Waals surface area (Å²) in [6.07, 6.45) is -2.56. The molecule has 0 saturated carbocycles. The van der Waals surface area contributed by atoms with Crippen LogP contribution >= 0.6 is 0 Å². The summed E-state index contributed by atoms with van der Waals surface area (Å²) in [6, 6.07) is 7.73. The fourth-order valence-electron chi connectivity index (χ4n) is 3.29. The van der Waals surface area contributed by atoms with Crippen molar-refractivity contribution < 1.29 is 50.9 Å². The molecule has 0 bridgehead atoms. The number of imidazole rings is 1. The van der Waals surface area contributed by atoms with Crippen LogP contribution in [0.1, 0.15) is 27.6 Å². The van der Waals surface area contributed by atoms with Crippen molar-refractivity contribution in [1.82, 2.24) is 29.3 Å². The summed E-state index contributed by atoms with van der Waals surface area (Å²) in [4.78, 5) is 41.3. The van der Waals surface area contributed by atoms with E-state index in [2.05, 4.69) is 25.8 Å². The Morgan fingerprint density at radius 3 is 2.12 bits per heavy atom. The van der Waals surface area contributed by atoms with Crippen LogP contribution in [0.25, 0.3) is 0 Å². The monoisotopic (exact) mass is 578 g/mol. The van der Waals surface area contributed by atoms with Crippen molar-refractivity contribution in [3.8, 4) is 0 Å². The normalized spacial score (nSPS) is 13.2. The number of hydrogen-bond acceptors (Lipinski definition) is 6. The van der Waals surface area contributed by atoms with Gasteiger partial charge in [-0.05, 0) is 23.8 Å². The number of carboxylic acids is 2. The largest absolute Gasteiger partial charge is 0.490 e. The Balaban J connectivity index is 0.000000333. The van der Waals surface area contributed by atoms with E-state index in [4.69, 9.17) is 24.8 Å². The van der Waals surface area contributed by atoms with Gasteiger partial charge in [0.15, 0.2) is 0 Å². The van der Waals surface area contributed by atoms with Crippen LogP contribution in [-0.2, 0) is 42.8 Å². The lowest BCUT2D eigenvalue weighted by Crippen LogP contribution is -2.33. The molecule has 17 heteroatoms. The number of aryl methyl sites for hydroxylation is 1. The summed E-state index contributed by atoms with van der Waals surface area (Å²) in [5.74, 6) is -4.55. The number of aliphatic carboxylic acids is 2. The summed E-state index contributed by atoms with van der Waals surface area (Å²) in [7, 11) is 1.86. The number of hydrogen-bond donors (Lipinski definition) is 3. The zero-order valence-electron chi connectivity index (χ0n) is 20.8. The summed E-state index contributed by atoms with van der Waals surface area (Å²) in [6.45, 7) is 4.01. The third-order valence-electron chi connectivity index (χ3n) is 5.15. The predicted octanol–water partition coefficient (Wildman–Crippen LogP) is 2.83. The fraction of sp³-hybridized carbons (Fsp3) is 0.348. The molecule has 0 spiro atoms. The number of nitrogens with one attached hydrogen (secondary N) is 1. The van der Waals surface area contributed by atoms with E-state index in [9.17, 15) is 31.1 Å². The van der Waals surface area contributed by atoms with Crippen LogP contribution in [0, 0.1) is 0 Å². The predicted molar refractivity (Wildman–Crippen MR) is 125 cm³/mol. The first-order chi connectivity index (χ1) is 18.6. The number of halogens is 6. The molecule has 4 rings (SSSR count). The standard InChI is InChI=1S/C19H22N6O.2C2HF3O2/c1-23-7-3-5-17(23)19(26)21-11-16-13-25-9-8-24(14-18(25)22-16)12-15-4-2-6-20-10-15;2*3-2(4,5)1(6)7/h2-7,10,13H,8-9,11-12,14H2,1H3,(H,21,26);2*(H,6,7). The molecule has 4 heterocycles. The number of alkyl halides is 6. The topological polar surface area (TPSA) is 143 Å². The van der Waals surface area contributed by atoms with Crippen molar-refractivity contribution in [1.29, 1.82) is 0 Å². The summed E-state index contributed by atoms with van der Waals surface area (Å²) >= 11 is 0. The third kappa shape index (κ3) is 10.0. The van der Waals surface area contributed by atoms with Gasteiger partial charge in [-0.2, -0.15) is 26.3 Å². The molecule has 3 aromatic rings. The molecule has 0 unspecified atom stereocenters. The van der Waals surface area contributed by atoms with E-state index in [-0.39, 0.29) is 5.91 Å². The quantitative estimate of drug-likeness (QED) is 0.393. The van der Waals surface area contributed by atoms with Crippen molar-refractivity contribution in [3.05, 3.63) is 71.8 Å². The van der Waals surface area contributed by atoms with Gasteiger partial charge in [0.25, 0.3) is 5.91 Å². The Morgan fingerprint density at radius 2 is 1.62 bits per heavy atom. The highest BCUT2D eigenvalue weighted by Crippen LogP contribution is 2.16. The highest BCUT2D eigenvalue weighted by Gasteiger charge is 2.38. The van der Waals surface area contributed by atoms with Gasteiger partial charge in [-0.3, -0.25) is 14.7 Å². The zero-order valence-corrected chi connectivity index (χ0v) is 20.8. The number of fused-ring (bicyclic) bond motifs is 1. The van der Waals surface area contributed by atoms with Crippen molar-refractivity contribution in [3.63, 3.8) is 0 Å². The lowest BCUT2D eigenvalue weighted by atomic mass is 10.2. The lowest BCUT2D eigenvalue weighted by molar-refractivity contribution is -0.193. The molecule has 0 saturated heterocycles. The van der Waals surface area contributed by atoms with Crippen LogP contribution in [0.3, 0.4) is 0 Å². The fourth-order valence-corrected chi connectivity index (χ4v) is 3.29. The van der Waals surface area contributed by atoms with Crippen molar-refractivity contribution >= 4 is 17.8 Å². The molecule has 3 N–H and O–H groups in total. The van der Waals surface area contributed by atoms with Gasteiger partial charge in [0, 0.05) is 51.5 Å². The second kappa shape index (κ2) is 13.6. The molecule has 0 radical (unpaired) electrons. The van der Waals surface area contributed by atoms with Crippen LogP contribution in [0.2, 0.25) is 0 Å². The Labute approximate surface area is 222 Å². The average molecular weight is 578 g/mol. The van der Waals surface area contributed by atoms with Gasteiger partial charge >= 0.3 is 24.3 Å². The van der Waals surface area contributed by atoms with Gasteiger partial charge in [-0.25, -0.2) is 14.6 Å². The molecule has 1 aliphatic heterocycles. The maximum absolute atomic E-state index is 12.2. The number of amides is 1. The first-order valence-corrected chi connectivity index (χ1v) is 11.2. The maximum Gasteiger partial charge on any atom is 0.490 e. The number of aromatic nitrogens is 4. The highest BCUT2D eigenvalue weighted by atomic mass is 19.4. The number of nitrogens with zero attached hydrogens (tertiary/aromatic N) is 5. The van der Waals surface area contributed by atoms with E-state index in [1.807, 2.05) is 48.4 Å². The van der Waals surface area contributed by atoms with Gasteiger partial charge in [0.1, 0.15) is 11.5 Å². The Hall–Kier alpha value is -4.41. The number of pyridine rings is 1. The molecule has 40 heavy (non-hydrogen) atoms. The van der Waals surface area contributed by atoms with E-state index in [0.29, 0.717) is 12.2 Å². The van der Waals surface area contributed by atoms with E-state index < -0.39 is 24.3 Å². The zero-order chi connectivity index (χ0) is 30.1. The van der Waals surface area contributed by atoms with E-state index in [0.717, 1.165) is 37.7 Å². The van der Waals surface area contributed by atoms with Crippen LogP contribution in [-0.4, -0.2) is 71.0 Å². The SMILES string of the molecule is Cn1cccc1C(=O)NCc1cn2c(n1)CN(Cc1cccnc1)CC2.O=C(O)C(F)(F)F.O=C(O)C(F)(F)F. The minimum absolute atomic E-state index is 0.0818. The Bertz CT molecular complexity index is 1270. The maximum atomic E-state index is 12.2. The number of carbonyl (C=O) groups excluding carboxylic acids is 1. The van der Waals surface area contributed by atoms with E-state index in [1.54, 1.807) is 6.20 Å². The summed E-state index contributed by atoms with van der Waals surface area (Å²) in [5.41, 5.74) is 2.75. The molecule has 1 amide bonds. The Morgan fingerprint density at radius 1 is 1.00 bits per heavy atom. The highest BCUT2D eigenvalue weighted by molar-refractivity contribution is 5.92. The minimum Gasteiger partial charge on any atom is -0.475 e. The van der Waals surface area contributed by atoms with Crippen LogP contribution in [0.5, 0.6) is 0 Å². The molecule has 0 fully saturated rings. The van der Waals surface area contributed by atoms with Gasteiger partial charge in [-0.1, -0.05) is 6.07 Å². The van der Waals surface area contributed by atoms with Crippen molar-refractivity contribution in [2.24, 2.45) is 7.05 Å². The van der Waals surface area contributed by atoms with Gasteiger partial charge in [0.05, 0.1) is 18.8 Å². The number of rotatable bonds is 5. The lowest BCUT2D eigenvalue weighted by Gasteiger charge is -2.27. The average Bonchev–Trinajstić information content (AvgIpc) is 3.48. The molecular weight excluding hydrogens is 554 g/mol. The molecule has 0 aliphatic carbocycles. The van der Waals surface area contributed by atoms with Crippen LogP contribution < -0.4 is 5.32 Å². The molecular formula is C23H24F6N6O5. The summed E-state index contributed by atoms with van der Waals surface area (Å²) in [5, 5.41) is 17.2. The molecule has 218 valence electrons. The molecule has 0 aromatic carbocycles. The number of carbonyl (C=O) groups is 3. The molecule has 0 atom stereocenters. The van der Waals surface area contributed by atoms with Crippen molar-refractivity contribution in [2.45, 2.75) is 38.5 Å². The van der Waals surface area contributed by atoms with Crippen LogP contribution in [0.15, 0.2) is 49.1 Å². The molecule has 3 aromatic heterocycles. The van der Waals surface area contributed by atoms with E-state index in [1.165, 1.54) is 5.56 Å². The van der Waals surface area contributed by atoms with Crippen LogP contribution in [0.4, 0.5) is 26.3 Å². The molecule has 11 nitrogen and oxygen atoms in total. The van der Waals surface area contributed by atoms with E-state index >= 15 is 0 Å². The Kier molecular flexibility index (Phi) is 10.8. The van der Waals surface area contributed by atoms with Gasteiger partial charge < -0.3 is 24.7 Å². The smallest absolute Gasteiger partial charge is 0.475 e. The van der Waals surface area contributed by atoms with Gasteiger partial charge in [0.2, 0.25) is 0 Å². The summed E-state index contributed by atoms with van der Waals surface area (Å²) < 4.78 is 67.5. The number of carboxylic acid groups (broad SMARTS) is 2. The van der Waals surface area contributed by atoms with Crippen molar-refractivity contribution in [2.75, 3.05) is 6.54 Å².